The quantitative estimate of drug-likeness (QED) is 0.154. The Labute approximate surface area is 196 Å². The second-order valence-corrected chi connectivity index (χ2v) is 9.43. The molecule has 0 atom stereocenters. The van der Waals surface area contributed by atoms with Crippen LogP contribution in [0.3, 0.4) is 0 Å². The summed E-state index contributed by atoms with van der Waals surface area (Å²) in [4.78, 5) is 27.5. The number of thiazole rings is 1. The molecule has 8 nitrogen and oxygen atoms in total. The van der Waals surface area contributed by atoms with Gasteiger partial charge in [0.25, 0.3) is 11.6 Å². The molecule has 0 aliphatic heterocycles. The van der Waals surface area contributed by atoms with E-state index in [0.717, 1.165) is 11.1 Å². The number of hydrogen-bond acceptors (Lipinski definition) is 8. The summed E-state index contributed by atoms with van der Waals surface area (Å²) >= 11 is 2.57. The van der Waals surface area contributed by atoms with E-state index in [1.54, 1.807) is 18.2 Å². The highest BCUT2D eigenvalue weighted by Crippen LogP contribution is 2.36. The summed E-state index contributed by atoms with van der Waals surface area (Å²) in [6.07, 6.45) is 1.38. The Hall–Kier alpha value is -3.94. The lowest BCUT2D eigenvalue weighted by Crippen LogP contribution is -2.13. The molecular formula is C23H16N4O4S2. The Bertz CT molecular complexity index is 1440. The summed E-state index contributed by atoms with van der Waals surface area (Å²) in [5, 5.41) is 23.6. The van der Waals surface area contributed by atoms with Gasteiger partial charge in [0.1, 0.15) is 17.4 Å². The van der Waals surface area contributed by atoms with Crippen molar-refractivity contribution in [2.24, 2.45) is 0 Å². The van der Waals surface area contributed by atoms with E-state index in [9.17, 15) is 20.2 Å². The average Bonchev–Trinajstić information content (AvgIpc) is 3.36. The maximum absolute atomic E-state index is 12.5. The molecular weight excluding hydrogens is 460 g/mol. The van der Waals surface area contributed by atoms with Crippen LogP contribution in [0, 0.1) is 35.3 Å². The number of non-ortho nitro benzene ring substituents is 1. The van der Waals surface area contributed by atoms with Crippen LogP contribution in [0.4, 0.5) is 11.4 Å². The van der Waals surface area contributed by atoms with Gasteiger partial charge in [-0.3, -0.25) is 14.9 Å². The highest BCUT2D eigenvalue weighted by molar-refractivity contribution is 8.01. The minimum absolute atomic E-state index is 0.0104. The third-order valence-corrected chi connectivity index (χ3v) is 6.48. The summed E-state index contributed by atoms with van der Waals surface area (Å²) in [5.41, 5.74) is 3.21. The van der Waals surface area contributed by atoms with E-state index in [1.807, 2.05) is 38.1 Å². The third-order valence-electron chi connectivity index (χ3n) is 4.48. The van der Waals surface area contributed by atoms with Gasteiger partial charge in [0.2, 0.25) is 0 Å². The number of carbonyl (C=O) groups excluding carboxylic acids is 1. The number of aromatic nitrogens is 1. The Morgan fingerprint density at radius 2 is 1.97 bits per heavy atom. The van der Waals surface area contributed by atoms with Crippen molar-refractivity contribution in [2.45, 2.75) is 23.3 Å². The van der Waals surface area contributed by atoms with Crippen molar-refractivity contribution in [1.82, 2.24) is 4.98 Å². The lowest BCUT2D eigenvalue weighted by molar-refractivity contribution is -0.384. The van der Waals surface area contributed by atoms with Crippen molar-refractivity contribution in [1.29, 1.82) is 5.26 Å². The first-order valence-electron chi connectivity index (χ1n) is 9.65. The molecule has 0 unspecified atom stereocenters. The molecule has 10 heteroatoms. The first-order chi connectivity index (χ1) is 15.8. The molecule has 4 aromatic rings. The second-order valence-electron chi connectivity index (χ2n) is 7.15. The van der Waals surface area contributed by atoms with Crippen molar-refractivity contribution < 1.29 is 14.1 Å². The zero-order chi connectivity index (χ0) is 23.5. The number of amides is 1. The molecule has 0 saturated heterocycles. The van der Waals surface area contributed by atoms with Crippen LogP contribution in [0.25, 0.3) is 16.3 Å². The van der Waals surface area contributed by atoms with Crippen molar-refractivity contribution in [3.8, 4) is 6.07 Å². The summed E-state index contributed by atoms with van der Waals surface area (Å²) in [7, 11) is 0. The number of benzene rings is 2. The van der Waals surface area contributed by atoms with Crippen LogP contribution in [0.5, 0.6) is 0 Å². The smallest absolute Gasteiger partial charge is 0.270 e. The molecule has 2 aromatic heterocycles. The van der Waals surface area contributed by atoms with Gasteiger partial charge in [-0.1, -0.05) is 6.07 Å². The van der Waals surface area contributed by atoms with Crippen LogP contribution in [0.1, 0.15) is 16.9 Å². The van der Waals surface area contributed by atoms with E-state index in [1.165, 1.54) is 41.3 Å². The molecule has 1 amide bonds. The number of hydrogen-bond donors (Lipinski definition) is 1. The minimum Gasteiger partial charge on any atom is -0.450 e. The normalized spacial score (nSPS) is 11.4. The number of aryl methyl sites for hydroxylation is 2. The van der Waals surface area contributed by atoms with Crippen molar-refractivity contribution >= 4 is 56.7 Å². The van der Waals surface area contributed by atoms with Crippen LogP contribution < -0.4 is 5.32 Å². The van der Waals surface area contributed by atoms with Crippen LogP contribution >= 0.6 is 23.1 Å². The van der Waals surface area contributed by atoms with Gasteiger partial charge in [-0.05, 0) is 67.1 Å². The van der Waals surface area contributed by atoms with Crippen molar-refractivity contribution in [2.75, 3.05) is 5.32 Å². The maximum Gasteiger partial charge on any atom is 0.270 e. The van der Waals surface area contributed by atoms with E-state index in [-0.39, 0.29) is 11.3 Å². The monoisotopic (exact) mass is 476 g/mol. The number of furan rings is 1. The zero-order valence-electron chi connectivity index (χ0n) is 17.5. The van der Waals surface area contributed by atoms with Gasteiger partial charge in [-0.15, -0.1) is 11.3 Å². The van der Waals surface area contributed by atoms with Gasteiger partial charge in [-0.2, -0.15) is 5.26 Å². The van der Waals surface area contributed by atoms with E-state index >= 15 is 0 Å². The van der Waals surface area contributed by atoms with Crippen LogP contribution in [-0.4, -0.2) is 15.8 Å². The molecule has 0 spiro atoms. The molecule has 2 aromatic carbocycles. The van der Waals surface area contributed by atoms with Crippen LogP contribution in [0.15, 0.2) is 68.0 Å². The van der Waals surface area contributed by atoms with Gasteiger partial charge in [0.15, 0.2) is 9.43 Å². The fourth-order valence-corrected chi connectivity index (χ4v) is 5.14. The number of carbonyl (C=O) groups is 1. The average molecular weight is 477 g/mol. The van der Waals surface area contributed by atoms with E-state index in [0.29, 0.717) is 31.1 Å². The van der Waals surface area contributed by atoms with Gasteiger partial charge in [-0.25, -0.2) is 4.98 Å². The first kappa shape index (κ1) is 22.3. The summed E-state index contributed by atoms with van der Waals surface area (Å²) in [5.74, 6) is -0.178. The number of nitro groups is 1. The Kier molecular flexibility index (Phi) is 6.26. The Morgan fingerprint density at radius 1 is 1.21 bits per heavy atom. The maximum atomic E-state index is 12.5. The fourth-order valence-electron chi connectivity index (χ4n) is 3.14. The predicted octanol–water partition coefficient (Wildman–Crippen LogP) is 6.11. The number of nitrogens with zero attached hydrogens (tertiary/aromatic N) is 3. The summed E-state index contributed by atoms with van der Waals surface area (Å²) < 4.78 is 7.09. The van der Waals surface area contributed by atoms with Gasteiger partial charge in [0.05, 0.1) is 15.1 Å². The molecule has 0 aliphatic carbocycles. The van der Waals surface area contributed by atoms with Crippen molar-refractivity contribution in [3.63, 3.8) is 0 Å². The molecule has 0 aliphatic rings. The van der Waals surface area contributed by atoms with Gasteiger partial charge in [0, 0.05) is 23.9 Å². The third kappa shape index (κ3) is 5.28. The number of fused-ring (bicyclic) bond motifs is 1. The highest BCUT2D eigenvalue weighted by atomic mass is 32.2. The molecule has 1 N–H and O–H groups in total. The number of nitrogens with one attached hydrogen (secondary N) is 1. The number of nitro benzene ring substituents is 1. The molecule has 0 fully saturated rings. The molecule has 2 heterocycles. The molecule has 0 saturated carbocycles. The Balaban J connectivity index is 1.49. The second kappa shape index (κ2) is 9.28. The molecule has 4 rings (SSSR count). The SMILES string of the molecule is Cc1cc(C)cc(NC(=O)/C(C#N)=C/c2ccc(Sc3nc4ccc([N+](=O)[O-])cc4s3)o2)c1. The number of nitriles is 1. The molecule has 0 radical (unpaired) electrons. The van der Waals surface area contributed by atoms with Gasteiger partial charge >= 0.3 is 0 Å². The Morgan fingerprint density at radius 3 is 2.67 bits per heavy atom. The predicted molar refractivity (Wildman–Crippen MR) is 127 cm³/mol. The molecule has 0 bridgehead atoms. The summed E-state index contributed by atoms with van der Waals surface area (Å²) in [6, 6.07) is 15.4. The molecule has 164 valence electrons. The van der Waals surface area contributed by atoms with Crippen molar-refractivity contribution in [3.05, 3.63) is 81.1 Å². The standard InChI is InChI=1S/C23H16N4O4S2/c1-13-7-14(2)9-16(8-13)25-22(28)15(12-24)10-18-4-6-21(31-18)33-23-26-19-5-3-17(27(29)30)11-20(19)32-23/h3-11H,1-2H3,(H,25,28)/b15-10+. The van der Waals surface area contributed by atoms with E-state index in [2.05, 4.69) is 10.3 Å². The van der Waals surface area contributed by atoms with Crippen LogP contribution in [-0.2, 0) is 4.79 Å². The number of anilines is 1. The van der Waals surface area contributed by atoms with E-state index in [4.69, 9.17) is 4.42 Å². The lowest BCUT2D eigenvalue weighted by Gasteiger charge is -2.06. The highest BCUT2D eigenvalue weighted by Gasteiger charge is 2.14. The summed E-state index contributed by atoms with van der Waals surface area (Å²) in [6.45, 7) is 3.86. The fraction of sp³-hybridized carbons (Fsp3) is 0.0870. The zero-order valence-corrected chi connectivity index (χ0v) is 19.1. The largest absolute Gasteiger partial charge is 0.450 e. The lowest BCUT2D eigenvalue weighted by atomic mass is 10.1. The van der Waals surface area contributed by atoms with E-state index < -0.39 is 10.8 Å². The first-order valence-corrected chi connectivity index (χ1v) is 11.3. The van der Waals surface area contributed by atoms with Crippen LogP contribution in [0.2, 0.25) is 0 Å². The number of rotatable bonds is 6. The molecule has 33 heavy (non-hydrogen) atoms. The van der Waals surface area contributed by atoms with Gasteiger partial charge < -0.3 is 9.73 Å². The minimum atomic E-state index is -0.527. The topological polar surface area (TPSA) is 122 Å².